The summed E-state index contributed by atoms with van der Waals surface area (Å²) in [7, 11) is 3.20. The van der Waals surface area contributed by atoms with Gasteiger partial charge in [0.2, 0.25) is 0 Å². The highest BCUT2D eigenvalue weighted by Crippen LogP contribution is 2.32. The van der Waals surface area contributed by atoms with E-state index >= 15 is 0 Å². The van der Waals surface area contributed by atoms with E-state index in [0.29, 0.717) is 17.1 Å². The predicted molar refractivity (Wildman–Crippen MR) is 78.7 cm³/mol. The van der Waals surface area contributed by atoms with E-state index in [2.05, 4.69) is 0 Å². The zero-order valence-corrected chi connectivity index (χ0v) is 11.9. The molecule has 2 aromatic carbocycles. The fourth-order valence-corrected chi connectivity index (χ4v) is 2.17. The summed E-state index contributed by atoms with van der Waals surface area (Å²) in [5.74, 6) is 1.19. The van der Waals surface area contributed by atoms with E-state index in [0.717, 1.165) is 5.56 Å². The van der Waals surface area contributed by atoms with Crippen molar-refractivity contribution >= 4 is 5.78 Å². The van der Waals surface area contributed by atoms with Crippen LogP contribution in [0.2, 0.25) is 0 Å². The maximum Gasteiger partial charge on any atom is 0.170 e. The molecule has 0 bridgehead atoms. The maximum atomic E-state index is 12.5. The normalized spacial score (nSPS) is 11.8. The molecule has 104 valence electrons. The molecular formula is C17H18O3. The van der Waals surface area contributed by atoms with Crippen LogP contribution >= 0.6 is 0 Å². The summed E-state index contributed by atoms with van der Waals surface area (Å²) in [6.07, 6.45) is 0. The van der Waals surface area contributed by atoms with Crippen LogP contribution in [-0.2, 0) is 0 Å². The van der Waals surface area contributed by atoms with Gasteiger partial charge in [-0.25, -0.2) is 0 Å². The van der Waals surface area contributed by atoms with E-state index < -0.39 is 0 Å². The van der Waals surface area contributed by atoms with Crippen molar-refractivity contribution in [1.29, 1.82) is 0 Å². The summed E-state index contributed by atoms with van der Waals surface area (Å²) >= 11 is 0. The third kappa shape index (κ3) is 2.82. The Hall–Kier alpha value is -2.29. The minimum atomic E-state index is -0.266. The van der Waals surface area contributed by atoms with Crippen LogP contribution in [-0.4, -0.2) is 20.0 Å². The number of rotatable bonds is 5. The number of ether oxygens (including phenoxy) is 2. The second-order valence-electron chi connectivity index (χ2n) is 4.56. The molecule has 0 spiro atoms. The largest absolute Gasteiger partial charge is 0.497 e. The minimum Gasteiger partial charge on any atom is -0.497 e. The van der Waals surface area contributed by atoms with Gasteiger partial charge in [0, 0.05) is 23.1 Å². The van der Waals surface area contributed by atoms with Gasteiger partial charge < -0.3 is 9.47 Å². The van der Waals surface area contributed by atoms with E-state index in [-0.39, 0.29) is 11.7 Å². The first kappa shape index (κ1) is 14.1. The Kier molecular flexibility index (Phi) is 4.41. The summed E-state index contributed by atoms with van der Waals surface area (Å²) < 4.78 is 10.5. The SMILES string of the molecule is COc1ccc(C(C)C(=O)c2ccccc2)c(OC)c1. The molecule has 0 saturated heterocycles. The van der Waals surface area contributed by atoms with Crippen LogP contribution in [0.5, 0.6) is 11.5 Å². The fourth-order valence-electron chi connectivity index (χ4n) is 2.17. The van der Waals surface area contributed by atoms with Crippen molar-refractivity contribution < 1.29 is 14.3 Å². The topological polar surface area (TPSA) is 35.5 Å². The van der Waals surface area contributed by atoms with E-state index in [1.165, 1.54) is 0 Å². The van der Waals surface area contributed by atoms with Crippen LogP contribution in [0.25, 0.3) is 0 Å². The Morgan fingerprint density at radius 2 is 1.70 bits per heavy atom. The first-order chi connectivity index (χ1) is 9.67. The number of benzene rings is 2. The lowest BCUT2D eigenvalue weighted by Gasteiger charge is -2.15. The molecule has 0 aliphatic rings. The van der Waals surface area contributed by atoms with E-state index in [4.69, 9.17) is 9.47 Å². The van der Waals surface area contributed by atoms with Crippen LogP contribution in [0.3, 0.4) is 0 Å². The molecule has 0 aromatic heterocycles. The van der Waals surface area contributed by atoms with Gasteiger partial charge in [0.15, 0.2) is 5.78 Å². The number of carbonyl (C=O) groups is 1. The first-order valence-corrected chi connectivity index (χ1v) is 6.48. The quantitative estimate of drug-likeness (QED) is 0.777. The molecule has 2 aromatic rings. The highest BCUT2D eigenvalue weighted by molar-refractivity contribution is 6.01. The predicted octanol–water partition coefficient (Wildman–Crippen LogP) is 3.69. The van der Waals surface area contributed by atoms with Crippen LogP contribution < -0.4 is 9.47 Å². The molecule has 1 atom stereocenters. The monoisotopic (exact) mass is 270 g/mol. The molecule has 0 aliphatic carbocycles. The van der Waals surface area contributed by atoms with Crippen LogP contribution in [0.15, 0.2) is 48.5 Å². The van der Waals surface area contributed by atoms with Crippen molar-refractivity contribution in [2.75, 3.05) is 14.2 Å². The third-order valence-corrected chi connectivity index (χ3v) is 3.36. The standard InChI is InChI=1S/C17H18O3/c1-12(17(18)13-7-5-4-6-8-13)15-10-9-14(19-2)11-16(15)20-3/h4-12H,1-3H3. The lowest BCUT2D eigenvalue weighted by atomic mass is 9.91. The number of methoxy groups -OCH3 is 2. The molecule has 0 fully saturated rings. The molecule has 3 heteroatoms. The van der Waals surface area contributed by atoms with Crippen molar-refractivity contribution in [3.63, 3.8) is 0 Å². The zero-order valence-electron chi connectivity index (χ0n) is 11.9. The number of Topliss-reactive ketones (excluding diaryl/α,β-unsaturated/α-hetero) is 1. The molecule has 0 radical (unpaired) electrons. The van der Waals surface area contributed by atoms with Gasteiger partial charge in [-0.3, -0.25) is 4.79 Å². The zero-order chi connectivity index (χ0) is 14.5. The number of hydrogen-bond acceptors (Lipinski definition) is 3. The van der Waals surface area contributed by atoms with Gasteiger partial charge >= 0.3 is 0 Å². The van der Waals surface area contributed by atoms with Crippen molar-refractivity contribution in [3.05, 3.63) is 59.7 Å². The Balaban J connectivity index is 2.33. The number of carbonyl (C=O) groups excluding carboxylic acids is 1. The van der Waals surface area contributed by atoms with Crippen LogP contribution in [0, 0.1) is 0 Å². The highest BCUT2D eigenvalue weighted by atomic mass is 16.5. The summed E-state index contributed by atoms with van der Waals surface area (Å²) in [5, 5.41) is 0. The van der Waals surface area contributed by atoms with E-state index in [1.807, 2.05) is 49.4 Å². The molecule has 1 unspecified atom stereocenters. The highest BCUT2D eigenvalue weighted by Gasteiger charge is 2.20. The average molecular weight is 270 g/mol. The van der Waals surface area contributed by atoms with Gasteiger partial charge in [-0.05, 0) is 6.07 Å². The van der Waals surface area contributed by atoms with Gasteiger partial charge in [0.05, 0.1) is 14.2 Å². The minimum absolute atomic E-state index is 0.0778. The molecule has 0 saturated carbocycles. The first-order valence-electron chi connectivity index (χ1n) is 6.48. The third-order valence-electron chi connectivity index (χ3n) is 3.36. The number of hydrogen-bond donors (Lipinski definition) is 0. The molecule has 3 nitrogen and oxygen atoms in total. The van der Waals surface area contributed by atoms with Crippen LogP contribution in [0.4, 0.5) is 0 Å². The molecule has 0 heterocycles. The lowest BCUT2D eigenvalue weighted by molar-refractivity contribution is 0.0965. The molecule has 0 N–H and O–H groups in total. The smallest absolute Gasteiger partial charge is 0.170 e. The van der Waals surface area contributed by atoms with Crippen LogP contribution in [0.1, 0.15) is 28.8 Å². The molecule has 2 rings (SSSR count). The van der Waals surface area contributed by atoms with E-state index in [1.54, 1.807) is 20.3 Å². The Morgan fingerprint density at radius 1 is 1.00 bits per heavy atom. The summed E-state index contributed by atoms with van der Waals surface area (Å²) in [6.45, 7) is 1.89. The summed E-state index contributed by atoms with van der Waals surface area (Å²) in [5.41, 5.74) is 1.57. The van der Waals surface area contributed by atoms with Crippen molar-refractivity contribution in [2.24, 2.45) is 0 Å². The van der Waals surface area contributed by atoms with Gasteiger partial charge in [0.25, 0.3) is 0 Å². The maximum absolute atomic E-state index is 12.5. The van der Waals surface area contributed by atoms with Crippen molar-refractivity contribution in [2.45, 2.75) is 12.8 Å². The summed E-state index contributed by atoms with van der Waals surface area (Å²) in [4.78, 5) is 12.5. The fraction of sp³-hybridized carbons (Fsp3) is 0.235. The second-order valence-corrected chi connectivity index (χ2v) is 4.56. The Morgan fingerprint density at radius 3 is 2.30 bits per heavy atom. The van der Waals surface area contributed by atoms with Gasteiger partial charge in [-0.1, -0.05) is 43.3 Å². The number of ketones is 1. The van der Waals surface area contributed by atoms with Crippen molar-refractivity contribution in [1.82, 2.24) is 0 Å². The molecular weight excluding hydrogens is 252 g/mol. The molecule has 0 amide bonds. The Bertz CT molecular complexity index is 590. The summed E-state index contributed by atoms with van der Waals surface area (Å²) in [6, 6.07) is 14.8. The van der Waals surface area contributed by atoms with Gasteiger partial charge in [-0.15, -0.1) is 0 Å². The van der Waals surface area contributed by atoms with Gasteiger partial charge in [-0.2, -0.15) is 0 Å². The Labute approximate surface area is 119 Å². The van der Waals surface area contributed by atoms with Gasteiger partial charge in [0.1, 0.15) is 11.5 Å². The van der Waals surface area contributed by atoms with E-state index in [9.17, 15) is 4.79 Å². The molecule has 20 heavy (non-hydrogen) atoms. The average Bonchev–Trinajstić information content (AvgIpc) is 2.53. The second kappa shape index (κ2) is 6.24. The lowest BCUT2D eigenvalue weighted by Crippen LogP contribution is -2.10. The van der Waals surface area contributed by atoms with Crippen molar-refractivity contribution in [3.8, 4) is 11.5 Å². The molecule has 0 aliphatic heterocycles.